The summed E-state index contributed by atoms with van der Waals surface area (Å²) in [7, 11) is 1.40. The number of hydrogen-bond donors (Lipinski definition) is 2. The molecule has 1 amide bonds. The molecule has 0 saturated carbocycles. The van der Waals surface area contributed by atoms with Crippen molar-refractivity contribution in [2.45, 2.75) is 19.6 Å². The lowest BCUT2D eigenvalue weighted by molar-refractivity contribution is -0.115. The second-order valence-corrected chi connectivity index (χ2v) is 7.45. The van der Waals surface area contributed by atoms with Crippen LogP contribution in [0.3, 0.4) is 0 Å². The van der Waals surface area contributed by atoms with Gasteiger partial charge >= 0.3 is 0 Å². The summed E-state index contributed by atoms with van der Waals surface area (Å²) < 4.78 is 26.4. The molecular formula is C23H20FN5O3. The van der Waals surface area contributed by atoms with Gasteiger partial charge in [-0.1, -0.05) is 6.07 Å². The first-order valence-electron chi connectivity index (χ1n) is 9.98. The van der Waals surface area contributed by atoms with E-state index in [-0.39, 0.29) is 18.1 Å². The SMILES string of the molecule is COc1ccc(CC(=O)Nc2ccc(-n3c4c(c5ncnc(N)c53)COC4)cc2)cc1F. The van der Waals surface area contributed by atoms with E-state index in [1.54, 1.807) is 18.2 Å². The predicted octanol–water partition coefficient (Wildman–Crippen LogP) is 3.36. The normalized spacial score (nSPS) is 12.7. The maximum atomic E-state index is 13.9. The van der Waals surface area contributed by atoms with Gasteiger partial charge in [-0.3, -0.25) is 4.79 Å². The number of anilines is 2. The molecule has 162 valence electrons. The predicted molar refractivity (Wildman–Crippen MR) is 117 cm³/mol. The van der Waals surface area contributed by atoms with Crippen LogP contribution in [-0.4, -0.2) is 27.6 Å². The van der Waals surface area contributed by atoms with Gasteiger partial charge in [0.15, 0.2) is 17.4 Å². The molecule has 9 heteroatoms. The highest BCUT2D eigenvalue weighted by Gasteiger charge is 2.25. The van der Waals surface area contributed by atoms with Gasteiger partial charge in [-0.2, -0.15) is 0 Å². The number of ether oxygens (including phenoxy) is 2. The molecule has 0 spiro atoms. The zero-order valence-electron chi connectivity index (χ0n) is 17.3. The summed E-state index contributed by atoms with van der Waals surface area (Å²) in [6.45, 7) is 0.942. The number of benzene rings is 2. The van der Waals surface area contributed by atoms with Crippen LogP contribution in [0.15, 0.2) is 48.8 Å². The highest BCUT2D eigenvalue weighted by Crippen LogP contribution is 2.35. The first-order valence-corrected chi connectivity index (χ1v) is 9.98. The number of fused-ring (bicyclic) bond motifs is 3. The number of carbonyl (C=O) groups excluding carboxylic acids is 1. The van der Waals surface area contributed by atoms with Gasteiger partial charge in [0, 0.05) is 16.9 Å². The molecule has 0 bridgehead atoms. The van der Waals surface area contributed by atoms with Gasteiger partial charge in [0.05, 0.1) is 32.4 Å². The topological polar surface area (TPSA) is 104 Å². The van der Waals surface area contributed by atoms with E-state index in [0.717, 1.165) is 28.0 Å². The monoisotopic (exact) mass is 433 g/mol. The summed E-state index contributed by atoms with van der Waals surface area (Å²) in [6, 6.07) is 11.8. The van der Waals surface area contributed by atoms with Crippen LogP contribution in [0, 0.1) is 5.82 Å². The lowest BCUT2D eigenvalue weighted by Crippen LogP contribution is -2.14. The highest BCUT2D eigenvalue weighted by molar-refractivity contribution is 5.93. The van der Waals surface area contributed by atoms with Gasteiger partial charge in [0.2, 0.25) is 5.91 Å². The molecule has 8 nitrogen and oxygen atoms in total. The van der Waals surface area contributed by atoms with Crippen molar-refractivity contribution < 1.29 is 18.7 Å². The van der Waals surface area contributed by atoms with Crippen LogP contribution in [0.1, 0.15) is 16.8 Å². The Morgan fingerprint density at radius 2 is 2.03 bits per heavy atom. The van der Waals surface area contributed by atoms with E-state index in [2.05, 4.69) is 15.3 Å². The van der Waals surface area contributed by atoms with Crippen molar-refractivity contribution >= 4 is 28.4 Å². The molecule has 0 radical (unpaired) electrons. The van der Waals surface area contributed by atoms with Crippen LogP contribution in [0.5, 0.6) is 5.75 Å². The van der Waals surface area contributed by atoms with Gasteiger partial charge in [-0.05, 0) is 42.0 Å². The highest BCUT2D eigenvalue weighted by atomic mass is 19.1. The summed E-state index contributed by atoms with van der Waals surface area (Å²) in [5.41, 5.74) is 11.7. The number of aromatic nitrogens is 3. The molecule has 3 heterocycles. The van der Waals surface area contributed by atoms with Gasteiger partial charge in [0.25, 0.3) is 0 Å². The van der Waals surface area contributed by atoms with E-state index in [4.69, 9.17) is 15.2 Å². The Morgan fingerprint density at radius 1 is 1.22 bits per heavy atom. The first kappa shape index (κ1) is 20.0. The third kappa shape index (κ3) is 3.42. The molecule has 1 aliphatic rings. The van der Waals surface area contributed by atoms with Crippen LogP contribution in [-0.2, 0) is 29.2 Å². The van der Waals surface area contributed by atoms with Crippen molar-refractivity contribution in [2.75, 3.05) is 18.2 Å². The standard InChI is InChI=1S/C23H20FN5O3/c1-31-19-7-2-13(8-17(19)24)9-20(30)28-14-3-5-15(6-4-14)29-18-11-32-10-16(18)21-22(29)23(25)27-12-26-21/h2-8,12H,9-11H2,1H3,(H,28,30)(H2,25,26,27). The van der Waals surface area contributed by atoms with Crippen LogP contribution in [0.2, 0.25) is 0 Å². The van der Waals surface area contributed by atoms with Crippen molar-refractivity contribution in [2.24, 2.45) is 0 Å². The minimum Gasteiger partial charge on any atom is -0.494 e. The van der Waals surface area contributed by atoms with Crippen LogP contribution >= 0.6 is 0 Å². The lowest BCUT2D eigenvalue weighted by atomic mass is 10.1. The quantitative estimate of drug-likeness (QED) is 0.500. The molecular weight excluding hydrogens is 413 g/mol. The number of methoxy groups -OCH3 is 1. The van der Waals surface area contributed by atoms with E-state index in [9.17, 15) is 9.18 Å². The molecule has 2 aromatic carbocycles. The van der Waals surface area contributed by atoms with E-state index < -0.39 is 5.82 Å². The zero-order valence-corrected chi connectivity index (χ0v) is 17.3. The maximum Gasteiger partial charge on any atom is 0.228 e. The van der Waals surface area contributed by atoms with Crippen LogP contribution in [0.4, 0.5) is 15.9 Å². The Morgan fingerprint density at radius 3 is 2.78 bits per heavy atom. The van der Waals surface area contributed by atoms with Crippen LogP contribution in [0.25, 0.3) is 16.7 Å². The van der Waals surface area contributed by atoms with E-state index in [1.165, 1.54) is 25.6 Å². The minimum atomic E-state index is -0.499. The fourth-order valence-electron chi connectivity index (χ4n) is 3.98. The second-order valence-electron chi connectivity index (χ2n) is 7.45. The Kier molecular flexibility index (Phi) is 4.95. The molecule has 32 heavy (non-hydrogen) atoms. The number of nitrogens with one attached hydrogen (secondary N) is 1. The number of nitrogen functional groups attached to an aromatic ring is 1. The smallest absolute Gasteiger partial charge is 0.228 e. The third-order valence-corrected chi connectivity index (χ3v) is 5.45. The summed E-state index contributed by atoms with van der Waals surface area (Å²) in [6.07, 6.45) is 1.50. The Labute approximate surface area is 182 Å². The number of halogens is 1. The van der Waals surface area contributed by atoms with Crippen molar-refractivity contribution in [3.8, 4) is 11.4 Å². The Hall–Kier alpha value is -3.98. The Bertz CT molecular complexity index is 1330. The lowest BCUT2D eigenvalue weighted by Gasteiger charge is -2.12. The van der Waals surface area contributed by atoms with Crippen molar-refractivity contribution in [1.82, 2.24) is 14.5 Å². The molecule has 0 aliphatic carbocycles. The van der Waals surface area contributed by atoms with Crippen molar-refractivity contribution in [1.29, 1.82) is 0 Å². The molecule has 0 atom stereocenters. The van der Waals surface area contributed by atoms with Crippen LogP contribution < -0.4 is 15.8 Å². The summed E-state index contributed by atoms with van der Waals surface area (Å²) in [4.78, 5) is 20.9. The summed E-state index contributed by atoms with van der Waals surface area (Å²) in [5, 5.41) is 2.84. The van der Waals surface area contributed by atoms with Gasteiger partial charge < -0.3 is 25.1 Å². The minimum absolute atomic E-state index is 0.0453. The van der Waals surface area contributed by atoms with Gasteiger partial charge in [0.1, 0.15) is 17.4 Å². The largest absolute Gasteiger partial charge is 0.494 e. The van der Waals surface area contributed by atoms with Crippen molar-refractivity contribution in [3.63, 3.8) is 0 Å². The van der Waals surface area contributed by atoms with Gasteiger partial charge in [-0.25, -0.2) is 14.4 Å². The van der Waals surface area contributed by atoms with E-state index in [1.807, 2.05) is 16.7 Å². The average molecular weight is 433 g/mol. The van der Waals surface area contributed by atoms with Gasteiger partial charge in [-0.15, -0.1) is 0 Å². The first-order chi connectivity index (χ1) is 15.5. The number of nitrogens with two attached hydrogens (primary N) is 1. The van der Waals surface area contributed by atoms with E-state index >= 15 is 0 Å². The second kappa shape index (κ2) is 7.93. The fraction of sp³-hybridized carbons (Fsp3) is 0.174. The molecule has 4 aromatic rings. The van der Waals surface area contributed by atoms with E-state index in [0.29, 0.717) is 30.3 Å². The molecule has 0 unspecified atom stereocenters. The zero-order chi connectivity index (χ0) is 22.2. The molecule has 0 saturated heterocycles. The summed E-state index contributed by atoms with van der Waals surface area (Å²) in [5.74, 6) is -0.208. The summed E-state index contributed by atoms with van der Waals surface area (Å²) >= 11 is 0. The van der Waals surface area contributed by atoms with Crippen molar-refractivity contribution in [3.05, 3.63) is 71.4 Å². The molecule has 2 aromatic heterocycles. The third-order valence-electron chi connectivity index (χ3n) is 5.45. The maximum absolute atomic E-state index is 13.9. The Balaban J connectivity index is 1.38. The molecule has 5 rings (SSSR count). The number of hydrogen-bond acceptors (Lipinski definition) is 6. The molecule has 1 aliphatic heterocycles. The molecule has 0 fully saturated rings. The number of carbonyl (C=O) groups is 1. The number of nitrogens with zero attached hydrogens (tertiary/aromatic N) is 3. The molecule has 3 N–H and O–H groups in total. The number of amides is 1. The average Bonchev–Trinajstić information content (AvgIpc) is 3.36. The fourth-order valence-corrected chi connectivity index (χ4v) is 3.98. The number of rotatable bonds is 5.